The predicted molar refractivity (Wildman–Crippen MR) is 250 cm³/mol. The van der Waals surface area contributed by atoms with Crippen LogP contribution in [0.1, 0.15) is 55.6 Å². The highest BCUT2D eigenvalue weighted by atomic mass is 19.4. The zero-order valence-corrected chi connectivity index (χ0v) is 40.4. The van der Waals surface area contributed by atoms with Gasteiger partial charge in [0.1, 0.15) is 6.15 Å². The molecule has 8 aromatic rings. The number of benzene rings is 7. The Bertz CT molecular complexity index is 3130. The monoisotopic (exact) mass is 1170 g/mol. The van der Waals surface area contributed by atoms with E-state index in [1.807, 2.05) is 0 Å². The van der Waals surface area contributed by atoms with Gasteiger partial charge in [-0.2, -0.15) is 132 Å². The molecule has 428 valence electrons. The van der Waals surface area contributed by atoms with Crippen molar-refractivity contribution in [2.75, 3.05) is 0 Å². The molecule has 0 spiro atoms. The van der Waals surface area contributed by atoms with Gasteiger partial charge in [0.25, 0.3) is 0 Å². The highest BCUT2D eigenvalue weighted by Crippen LogP contribution is 2.42. The minimum absolute atomic E-state index is 0.691. The molecule has 0 aliphatic heterocycles. The van der Waals surface area contributed by atoms with E-state index >= 15 is 0 Å². The summed E-state index contributed by atoms with van der Waals surface area (Å²) in [6, 6.07) is 21.4. The van der Waals surface area contributed by atoms with E-state index in [0.717, 1.165) is 6.54 Å². The molecule has 1 heterocycles. The number of hydrogen-bond acceptors (Lipinski definition) is 0. The molecule has 0 saturated carbocycles. The van der Waals surface area contributed by atoms with Crippen molar-refractivity contribution >= 4 is 38.8 Å². The van der Waals surface area contributed by atoms with Crippen molar-refractivity contribution in [2.24, 2.45) is 0 Å². The van der Waals surface area contributed by atoms with Gasteiger partial charge in [-0.3, -0.25) is 0 Å². The van der Waals surface area contributed by atoms with Gasteiger partial charge in [0.05, 0.1) is 49.9 Å². The molecule has 0 aliphatic carbocycles. The molecular formula is C55H32BF24N. The Kier molecular flexibility index (Phi) is 16.1. The van der Waals surface area contributed by atoms with Crippen molar-refractivity contribution in [1.29, 1.82) is 0 Å². The van der Waals surface area contributed by atoms with E-state index in [1.54, 1.807) is 0 Å². The largest absolute Gasteiger partial charge is 0.416 e. The summed E-state index contributed by atoms with van der Waals surface area (Å²) in [6.07, 6.45) is -52.6. The zero-order valence-electron chi connectivity index (χ0n) is 40.4. The molecule has 0 aliphatic rings. The van der Waals surface area contributed by atoms with E-state index in [0.29, 0.717) is 0 Å². The Morgan fingerprint density at radius 3 is 0.901 bits per heavy atom. The molecule has 81 heavy (non-hydrogen) atoms. The summed E-state index contributed by atoms with van der Waals surface area (Å²) < 4.78 is 343. The standard InChI is InChI=1S/C32H12BF24.C23H20N/c34-25(35,36)13-1-14(26(37,38)39)6-21(5-13)33(22-7-15(27(40,41)42)2-16(8-22)28(43,44)45,23-9-17(29(46,47)48)3-18(10-23)30(49,50)51)24-11-19(31(52,53)54)4-20(12-24)32(55,56)57;1-18-11-13-21(14-12-18)23-22-10-6-5-9-20(22)15-16-24(23)17-19-7-3-2-4-8-19/h1-12H;2-16H,17H2,1H3/q-1;+1. The van der Waals surface area contributed by atoms with Gasteiger partial charge in [-0.1, -0.05) is 115 Å². The smallest absolute Gasteiger partial charge is 0.194 e. The van der Waals surface area contributed by atoms with E-state index in [1.165, 1.54) is 33.2 Å². The van der Waals surface area contributed by atoms with Crippen molar-refractivity contribution in [3.05, 3.63) is 220 Å². The number of pyridine rings is 1. The first-order valence-electron chi connectivity index (χ1n) is 23.0. The summed E-state index contributed by atoms with van der Waals surface area (Å²) in [4.78, 5) is 0. The number of aryl methyl sites for hydroxylation is 1. The first-order valence-corrected chi connectivity index (χ1v) is 23.0. The number of hydrogen-bond donors (Lipinski definition) is 0. The first kappa shape index (κ1) is 61.0. The van der Waals surface area contributed by atoms with Crippen LogP contribution in [0.25, 0.3) is 22.0 Å². The molecule has 0 fully saturated rings. The molecule has 1 nitrogen and oxygen atoms in total. The maximum Gasteiger partial charge on any atom is 0.416 e. The van der Waals surface area contributed by atoms with Crippen LogP contribution in [0.3, 0.4) is 0 Å². The topological polar surface area (TPSA) is 3.88 Å². The molecule has 0 saturated heterocycles. The number of halogens is 24. The molecule has 0 bridgehead atoms. The van der Waals surface area contributed by atoms with Gasteiger partial charge < -0.3 is 0 Å². The van der Waals surface area contributed by atoms with Crippen molar-refractivity contribution in [2.45, 2.75) is 62.9 Å². The van der Waals surface area contributed by atoms with Crippen LogP contribution >= 0.6 is 0 Å². The van der Waals surface area contributed by atoms with Crippen LogP contribution in [0, 0.1) is 6.92 Å². The lowest BCUT2D eigenvalue weighted by Gasteiger charge is -2.46. The maximum absolute atomic E-state index is 14.2. The van der Waals surface area contributed by atoms with Crippen LogP contribution in [-0.2, 0) is 56.0 Å². The van der Waals surface area contributed by atoms with Crippen LogP contribution in [0.5, 0.6) is 0 Å². The van der Waals surface area contributed by atoms with Gasteiger partial charge in [0, 0.05) is 17.2 Å². The van der Waals surface area contributed by atoms with Gasteiger partial charge in [-0.05, 0) is 54.8 Å². The van der Waals surface area contributed by atoms with Gasteiger partial charge in [-0.25, -0.2) is 0 Å². The van der Waals surface area contributed by atoms with Crippen molar-refractivity contribution in [1.82, 2.24) is 0 Å². The average molecular weight is 1170 g/mol. The minimum Gasteiger partial charge on any atom is -0.194 e. The summed E-state index contributed by atoms with van der Waals surface area (Å²) in [5.41, 5.74) is -25.1. The number of alkyl halides is 24. The third-order valence-corrected chi connectivity index (χ3v) is 12.9. The maximum atomic E-state index is 14.2. The minimum atomic E-state index is -6.13. The van der Waals surface area contributed by atoms with E-state index < -0.39 is 195 Å². The highest BCUT2D eigenvalue weighted by Gasteiger charge is 2.47. The lowest BCUT2D eigenvalue weighted by atomic mass is 9.12. The van der Waals surface area contributed by atoms with Crippen molar-refractivity contribution < 1.29 is 110 Å². The first-order chi connectivity index (χ1) is 37.1. The SMILES string of the molecule is Cc1ccc(-c2c3ccccc3cc[n+]2Cc2ccccc2)cc1.FC(F)(F)c1cc([B-](c2cc(C(F)(F)F)cc(C(F)(F)F)c2)(c2cc(C(F)(F)F)cc(C(F)(F)F)c2)c2cc(C(F)(F)F)cc(C(F)(F)F)c2)cc(C(F)(F)F)c1. The Balaban J connectivity index is 0.000000323. The normalized spacial score (nSPS) is 13.3. The van der Waals surface area contributed by atoms with Crippen LogP contribution in [-0.4, -0.2) is 6.15 Å². The average Bonchev–Trinajstić information content (AvgIpc) is 3.17. The molecule has 0 atom stereocenters. The summed E-state index contributed by atoms with van der Waals surface area (Å²) in [5, 5.41) is 2.57. The van der Waals surface area contributed by atoms with Gasteiger partial charge in [0.15, 0.2) is 12.7 Å². The molecule has 8 rings (SSSR count). The van der Waals surface area contributed by atoms with E-state index in [4.69, 9.17) is 0 Å². The number of aromatic nitrogens is 1. The van der Waals surface area contributed by atoms with Gasteiger partial charge >= 0.3 is 49.4 Å². The zero-order chi connectivity index (χ0) is 60.3. The lowest BCUT2D eigenvalue weighted by Crippen LogP contribution is -2.75. The third-order valence-electron chi connectivity index (χ3n) is 12.9. The number of rotatable bonds is 7. The Hall–Kier alpha value is -7.67. The Labute approximate surface area is 441 Å². The molecule has 0 amide bonds. The van der Waals surface area contributed by atoms with E-state index in [9.17, 15) is 105 Å². The molecule has 1 aromatic heterocycles. The Morgan fingerprint density at radius 2 is 0.605 bits per heavy atom. The quantitative estimate of drug-likeness (QED) is 0.0851. The van der Waals surface area contributed by atoms with Crippen LogP contribution in [0.4, 0.5) is 105 Å². The fourth-order valence-electron chi connectivity index (χ4n) is 9.27. The Morgan fingerprint density at radius 1 is 0.321 bits per heavy atom. The second kappa shape index (κ2) is 21.3. The van der Waals surface area contributed by atoms with Crippen LogP contribution in [0.15, 0.2) is 164 Å². The number of nitrogens with zero attached hydrogens (tertiary/aromatic N) is 1. The summed E-state index contributed by atoms with van der Waals surface area (Å²) in [7, 11) is 0. The van der Waals surface area contributed by atoms with E-state index in [2.05, 4.69) is 103 Å². The highest BCUT2D eigenvalue weighted by molar-refractivity contribution is 7.20. The van der Waals surface area contributed by atoms with E-state index in [-0.39, 0.29) is 0 Å². The molecule has 7 aromatic carbocycles. The van der Waals surface area contributed by atoms with Gasteiger partial charge in [0.2, 0.25) is 5.69 Å². The van der Waals surface area contributed by atoms with Crippen molar-refractivity contribution in [3.63, 3.8) is 0 Å². The molecule has 26 heteroatoms. The fraction of sp³-hybridized carbons (Fsp3) is 0.182. The molecular weight excluding hydrogens is 1140 g/mol. The molecule has 0 unspecified atom stereocenters. The predicted octanol–water partition coefficient (Wildman–Crippen LogP) is 16.4. The van der Waals surface area contributed by atoms with Crippen molar-refractivity contribution in [3.8, 4) is 11.3 Å². The number of fused-ring (bicyclic) bond motifs is 1. The second-order valence-electron chi connectivity index (χ2n) is 18.5. The van der Waals surface area contributed by atoms with Gasteiger partial charge in [-0.15, -0.1) is 0 Å². The second-order valence-corrected chi connectivity index (χ2v) is 18.5. The third kappa shape index (κ3) is 13.6. The molecule has 0 radical (unpaired) electrons. The van der Waals surface area contributed by atoms with Crippen LogP contribution < -0.4 is 26.4 Å². The fourth-order valence-corrected chi connectivity index (χ4v) is 9.27. The lowest BCUT2D eigenvalue weighted by molar-refractivity contribution is -0.676. The summed E-state index contributed by atoms with van der Waals surface area (Å²) in [6.45, 7) is 3.00. The molecule has 0 N–H and O–H groups in total. The summed E-state index contributed by atoms with van der Waals surface area (Å²) in [5.74, 6) is 0. The van der Waals surface area contributed by atoms with Crippen LogP contribution in [0.2, 0.25) is 0 Å². The summed E-state index contributed by atoms with van der Waals surface area (Å²) >= 11 is 0.